The molecule has 2 aromatic heterocycles. The topological polar surface area (TPSA) is 129 Å². The number of nitrogens with two attached hydrogens (primary N) is 1. The zero-order chi connectivity index (χ0) is 17.6. The second kappa shape index (κ2) is 8.63. The predicted molar refractivity (Wildman–Crippen MR) is 85.9 cm³/mol. The minimum Gasteiger partial charge on any atom is -0.550 e. The van der Waals surface area contributed by atoms with Crippen LogP contribution in [0.4, 0.5) is 0 Å². The molecule has 2 heterocycles. The number of hydrogen-bond acceptors (Lipinski definition) is 5. The Labute approximate surface area is 140 Å². The van der Waals surface area contributed by atoms with Gasteiger partial charge in [-0.3, -0.25) is 14.3 Å². The molecule has 2 aromatic rings. The molecule has 0 bridgehead atoms. The number of aromatic nitrogens is 4. The number of fused-ring (bicyclic) bond motifs is 1. The Morgan fingerprint density at radius 1 is 1.35 bits per heavy atom. The van der Waals surface area contributed by atoms with E-state index in [0.29, 0.717) is 0 Å². The van der Waals surface area contributed by atoms with Crippen LogP contribution in [0.5, 0.6) is 0 Å². The number of quaternary nitrogens is 1. The molecule has 0 atom stereocenters. The van der Waals surface area contributed by atoms with Gasteiger partial charge in [-0.05, 0) is 29.8 Å². The molecule has 0 saturated carbocycles. The van der Waals surface area contributed by atoms with E-state index in [9.17, 15) is 19.5 Å². The van der Waals surface area contributed by atoms with E-state index in [1.807, 2.05) is 0 Å². The molecule has 0 saturated heterocycles. The summed E-state index contributed by atoms with van der Waals surface area (Å²) in [5.41, 5.74) is -0.853. The van der Waals surface area contributed by atoms with Crippen molar-refractivity contribution < 1.29 is 15.2 Å². The van der Waals surface area contributed by atoms with Crippen molar-refractivity contribution in [3.05, 3.63) is 25.6 Å². The maximum Gasteiger partial charge on any atom is 0.329 e. The summed E-state index contributed by atoms with van der Waals surface area (Å²) < 4.78 is 2.84. The van der Waals surface area contributed by atoms with Gasteiger partial charge in [0.1, 0.15) is 0 Å². The number of imidazole rings is 1. The monoisotopic (exact) mass is 389 g/mol. The molecule has 128 valence electrons. The van der Waals surface area contributed by atoms with Gasteiger partial charge in [0.25, 0.3) is 5.56 Å². The molecule has 0 unspecified atom stereocenters. The number of H-pyrrole nitrogens is 1. The van der Waals surface area contributed by atoms with E-state index < -0.39 is 17.2 Å². The molecule has 0 amide bonds. The number of aromatic amines is 1. The van der Waals surface area contributed by atoms with Crippen molar-refractivity contribution in [1.29, 1.82) is 0 Å². The van der Waals surface area contributed by atoms with Crippen molar-refractivity contribution in [3.8, 4) is 0 Å². The standard InChI is InChI=1S/C9H9BrN4O4.C4H11N/c1-13-6-5(7(17)12-9(13)18)14(8(10)11-6)3-2-4(15)16;1-3-5-4-2/h2-3H2,1H3,(H,15,16)(H,12,17,18);5H,3-4H2,1-2H3. The van der Waals surface area contributed by atoms with E-state index in [-0.39, 0.29) is 28.9 Å². The van der Waals surface area contributed by atoms with Crippen molar-refractivity contribution in [1.82, 2.24) is 19.1 Å². The lowest BCUT2D eigenvalue weighted by Crippen LogP contribution is -2.82. The molecule has 2 rings (SSSR count). The first-order chi connectivity index (χ1) is 10.8. The van der Waals surface area contributed by atoms with Crippen LogP contribution in [-0.4, -0.2) is 38.2 Å². The van der Waals surface area contributed by atoms with Gasteiger partial charge in [0, 0.05) is 26.0 Å². The Balaban J connectivity index is 0.000000463. The van der Waals surface area contributed by atoms with Crippen LogP contribution in [0.25, 0.3) is 11.2 Å². The lowest BCUT2D eigenvalue weighted by molar-refractivity contribution is -0.648. The van der Waals surface area contributed by atoms with E-state index in [1.165, 1.54) is 29.3 Å². The highest BCUT2D eigenvalue weighted by Crippen LogP contribution is 2.16. The van der Waals surface area contributed by atoms with Gasteiger partial charge in [-0.2, -0.15) is 0 Å². The smallest absolute Gasteiger partial charge is 0.329 e. The number of carbonyl (C=O) groups is 1. The number of carboxylic acids is 1. The van der Waals surface area contributed by atoms with E-state index in [0.717, 1.165) is 0 Å². The summed E-state index contributed by atoms with van der Waals surface area (Å²) in [6, 6.07) is 0. The van der Waals surface area contributed by atoms with Crippen LogP contribution in [0.15, 0.2) is 14.3 Å². The van der Waals surface area contributed by atoms with Gasteiger partial charge >= 0.3 is 5.69 Å². The van der Waals surface area contributed by atoms with Crippen molar-refractivity contribution in [2.24, 2.45) is 7.05 Å². The van der Waals surface area contributed by atoms with Crippen LogP contribution >= 0.6 is 15.9 Å². The maximum absolute atomic E-state index is 11.7. The van der Waals surface area contributed by atoms with E-state index in [1.54, 1.807) is 0 Å². The number of carbonyl (C=O) groups excluding carboxylic acids is 1. The third-order valence-electron chi connectivity index (χ3n) is 3.08. The summed E-state index contributed by atoms with van der Waals surface area (Å²) in [6.07, 6.45) is -0.258. The quantitative estimate of drug-likeness (QED) is 0.566. The molecule has 9 nitrogen and oxygen atoms in total. The normalized spacial score (nSPS) is 10.4. The second-order valence-corrected chi connectivity index (χ2v) is 5.46. The highest BCUT2D eigenvalue weighted by Gasteiger charge is 2.15. The van der Waals surface area contributed by atoms with Crippen molar-refractivity contribution in [3.63, 3.8) is 0 Å². The summed E-state index contributed by atoms with van der Waals surface area (Å²) in [6.45, 7) is 6.78. The predicted octanol–water partition coefficient (Wildman–Crippen LogP) is -2.08. The lowest BCUT2D eigenvalue weighted by Gasteiger charge is -2.05. The summed E-state index contributed by atoms with van der Waals surface area (Å²) in [4.78, 5) is 39.7. The summed E-state index contributed by atoms with van der Waals surface area (Å²) in [5.74, 6) is -1.23. The number of aliphatic carboxylic acids is 1. The number of carboxylic acid groups (broad SMARTS) is 1. The van der Waals surface area contributed by atoms with E-state index in [2.05, 4.69) is 45.1 Å². The van der Waals surface area contributed by atoms with Gasteiger partial charge < -0.3 is 19.8 Å². The Hall–Kier alpha value is -1.94. The Morgan fingerprint density at radius 2 is 1.96 bits per heavy atom. The molecule has 3 N–H and O–H groups in total. The highest BCUT2D eigenvalue weighted by atomic mass is 79.9. The lowest BCUT2D eigenvalue weighted by atomic mass is 10.4. The second-order valence-electron chi connectivity index (χ2n) is 4.75. The first-order valence-electron chi connectivity index (χ1n) is 7.19. The van der Waals surface area contributed by atoms with E-state index >= 15 is 0 Å². The van der Waals surface area contributed by atoms with Gasteiger partial charge in [-0.1, -0.05) is 0 Å². The van der Waals surface area contributed by atoms with Crippen LogP contribution in [0.1, 0.15) is 20.3 Å². The number of nitrogens with one attached hydrogen (secondary N) is 1. The molecular weight excluding hydrogens is 370 g/mol. The fourth-order valence-electron chi connectivity index (χ4n) is 1.90. The Morgan fingerprint density at radius 3 is 2.43 bits per heavy atom. The van der Waals surface area contributed by atoms with Crippen molar-refractivity contribution >= 4 is 33.1 Å². The number of halogens is 1. The molecule has 0 aliphatic rings. The molecule has 0 fully saturated rings. The van der Waals surface area contributed by atoms with Crippen LogP contribution in [0.3, 0.4) is 0 Å². The minimum absolute atomic E-state index is 0.0285. The van der Waals surface area contributed by atoms with Crippen LogP contribution in [0.2, 0.25) is 0 Å². The van der Waals surface area contributed by atoms with Gasteiger partial charge in [0.2, 0.25) is 0 Å². The number of hydrogen-bond donors (Lipinski definition) is 2. The average Bonchev–Trinajstić information content (AvgIpc) is 2.81. The summed E-state index contributed by atoms with van der Waals surface area (Å²) in [7, 11) is 1.46. The number of aryl methyl sites for hydroxylation is 2. The summed E-state index contributed by atoms with van der Waals surface area (Å²) >= 11 is 3.12. The van der Waals surface area contributed by atoms with Gasteiger partial charge in [-0.15, -0.1) is 0 Å². The van der Waals surface area contributed by atoms with Gasteiger partial charge in [0.15, 0.2) is 15.9 Å². The SMILES string of the molecule is CC[NH2+]CC.Cn1c(=O)[nH]c(=O)c2c1nc(Br)n2CCC(=O)[O-]. The Bertz CT molecular complexity index is 790. The van der Waals surface area contributed by atoms with Gasteiger partial charge in [0.05, 0.1) is 13.1 Å². The zero-order valence-electron chi connectivity index (χ0n) is 13.3. The molecule has 0 aliphatic carbocycles. The van der Waals surface area contributed by atoms with Crippen molar-refractivity contribution in [2.45, 2.75) is 26.8 Å². The third-order valence-corrected chi connectivity index (χ3v) is 3.68. The molecule has 0 aliphatic heterocycles. The molecular formula is C13H20BrN5O4. The fraction of sp³-hybridized carbons (Fsp3) is 0.538. The minimum atomic E-state index is -1.23. The maximum atomic E-state index is 11.7. The number of rotatable bonds is 5. The van der Waals surface area contributed by atoms with Crippen LogP contribution in [0, 0.1) is 0 Å². The first-order valence-corrected chi connectivity index (χ1v) is 7.99. The molecule has 23 heavy (non-hydrogen) atoms. The summed E-state index contributed by atoms with van der Waals surface area (Å²) in [5, 5.41) is 12.7. The first kappa shape index (κ1) is 19.1. The van der Waals surface area contributed by atoms with Crippen molar-refractivity contribution in [2.75, 3.05) is 13.1 Å². The number of nitrogens with zero attached hydrogens (tertiary/aromatic N) is 3. The van der Waals surface area contributed by atoms with Gasteiger partial charge in [-0.25, -0.2) is 9.78 Å². The molecule has 10 heteroatoms. The third kappa shape index (κ3) is 4.76. The molecule has 0 aromatic carbocycles. The molecule has 0 radical (unpaired) electrons. The highest BCUT2D eigenvalue weighted by molar-refractivity contribution is 9.10. The Kier molecular flexibility index (Phi) is 7.17. The van der Waals surface area contributed by atoms with Crippen LogP contribution < -0.4 is 21.7 Å². The fourth-order valence-corrected chi connectivity index (χ4v) is 2.43. The van der Waals surface area contributed by atoms with Crippen LogP contribution in [-0.2, 0) is 18.4 Å². The molecule has 0 spiro atoms. The van der Waals surface area contributed by atoms with E-state index in [4.69, 9.17) is 0 Å². The zero-order valence-corrected chi connectivity index (χ0v) is 14.8. The average molecular weight is 390 g/mol. The largest absolute Gasteiger partial charge is 0.550 e.